The van der Waals surface area contributed by atoms with Crippen LogP contribution in [-0.2, 0) is 9.53 Å². The predicted octanol–water partition coefficient (Wildman–Crippen LogP) is 1.89. The highest BCUT2D eigenvalue weighted by atomic mass is 35.5. The number of carbonyl (C=O) groups excluding carboxylic acids is 1. The van der Waals surface area contributed by atoms with Gasteiger partial charge in [0.1, 0.15) is 19.0 Å². The van der Waals surface area contributed by atoms with E-state index in [0.29, 0.717) is 19.8 Å². The van der Waals surface area contributed by atoms with Crippen LogP contribution in [0.4, 0.5) is 0 Å². The third-order valence-corrected chi connectivity index (χ3v) is 3.83. The van der Waals surface area contributed by atoms with Crippen LogP contribution >= 0.6 is 12.4 Å². The fraction of sp³-hybridized carbons (Fsp3) is 0.562. The van der Waals surface area contributed by atoms with Crippen LogP contribution in [0.5, 0.6) is 5.75 Å². The van der Waals surface area contributed by atoms with Gasteiger partial charge in [0.05, 0.1) is 12.1 Å². The van der Waals surface area contributed by atoms with Gasteiger partial charge in [-0.15, -0.1) is 12.4 Å². The number of nitrogens with two attached hydrogens (primary N) is 1. The average Bonchev–Trinajstić information content (AvgIpc) is 2.97. The molecule has 1 aliphatic carbocycles. The lowest BCUT2D eigenvalue weighted by molar-refractivity contribution is -0.127. The summed E-state index contributed by atoms with van der Waals surface area (Å²) in [6.45, 7) is 1.37. The summed E-state index contributed by atoms with van der Waals surface area (Å²) in [5.41, 5.74) is 5.57. The fourth-order valence-corrected chi connectivity index (χ4v) is 2.66. The molecule has 3 N–H and O–H groups in total. The lowest BCUT2D eigenvalue weighted by Gasteiger charge is -2.28. The Labute approximate surface area is 138 Å². The molecule has 1 fully saturated rings. The van der Waals surface area contributed by atoms with E-state index in [1.54, 1.807) is 0 Å². The molecule has 2 rings (SSSR count). The maximum atomic E-state index is 11.9. The first-order valence-corrected chi connectivity index (χ1v) is 7.51. The van der Waals surface area contributed by atoms with E-state index in [0.717, 1.165) is 31.4 Å². The summed E-state index contributed by atoms with van der Waals surface area (Å²) in [4.78, 5) is 11.9. The van der Waals surface area contributed by atoms with Gasteiger partial charge in [-0.3, -0.25) is 4.79 Å². The molecule has 6 heteroatoms. The van der Waals surface area contributed by atoms with Crippen LogP contribution < -0.4 is 15.8 Å². The maximum absolute atomic E-state index is 11.9. The Hall–Kier alpha value is -1.30. The number of ether oxygens (including phenoxy) is 2. The molecular weight excluding hydrogens is 304 g/mol. The fourth-order valence-electron chi connectivity index (χ4n) is 2.66. The van der Waals surface area contributed by atoms with Crippen LogP contribution in [0.1, 0.15) is 25.7 Å². The number of amides is 1. The van der Waals surface area contributed by atoms with Crippen molar-refractivity contribution in [3.63, 3.8) is 0 Å². The zero-order valence-corrected chi connectivity index (χ0v) is 13.6. The minimum atomic E-state index is -0.207. The molecule has 5 nitrogen and oxygen atoms in total. The summed E-state index contributed by atoms with van der Waals surface area (Å²) >= 11 is 0. The van der Waals surface area contributed by atoms with E-state index in [4.69, 9.17) is 15.2 Å². The molecule has 22 heavy (non-hydrogen) atoms. The number of nitrogens with one attached hydrogen (secondary N) is 1. The van der Waals surface area contributed by atoms with Gasteiger partial charge >= 0.3 is 0 Å². The highest BCUT2D eigenvalue weighted by molar-refractivity contribution is 5.85. The zero-order chi connectivity index (χ0) is 15.0. The Bertz CT molecular complexity index is 436. The third kappa shape index (κ3) is 5.83. The second-order valence-corrected chi connectivity index (χ2v) is 5.45. The van der Waals surface area contributed by atoms with E-state index in [1.807, 2.05) is 30.3 Å². The lowest BCUT2D eigenvalue weighted by atomic mass is 9.98. The smallest absolute Gasteiger partial charge is 0.246 e. The largest absolute Gasteiger partial charge is 0.491 e. The Balaban J connectivity index is 0.00000242. The SMILES string of the molecule is Cl.NCC1(NC(=O)COCCOc2ccccc2)CCCC1. The Kier molecular flexibility index (Phi) is 8.24. The number of benzene rings is 1. The molecule has 0 atom stereocenters. The van der Waals surface area contributed by atoms with Crippen molar-refractivity contribution in [2.24, 2.45) is 5.73 Å². The summed E-state index contributed by atoms with van der Waals surface area (Å²) in [5, 5.41) is 3.02. The number of para-hydroxylation sites is 1. The van der Waals surface area contributed by atoms with E-state index in [1.165, 1.54) is 0 Å². The van der Waals surface area contributed by atoms with Crippen LogP contribution in [0, 0.1) is 0 Å². The summed E-state index contributed by atoms with van der Waals surface area (Å²) < 4.78 is 10.8. The lowest BCUT2D eigenvalue weighted by Crippen LogP contribution is -2.52. The van der Waals surface area contributed by atoms with E-state index >= 15 is 0 Å². The summed E-state index contributed by atoms with van der Waals surface area (Å²) in [6, 6.07) is 9.54. The first kappa shape index (κ1) is 18.7. The van der Waals surface area contributed by atoms with Gasteiger partial charge in [0.2, 0.25) is 5.91 Å². The molecule has 1 aliphatic rings. The Morgan fingerprint density at radius 1 is 1.18 bits per heavy atom. The van der Waals surface area contributed by atoms with Gasteiger partial charge < -0.3 is 20.5 Å². The van der Waals surface area contributed by atoms with Crippen molar-refractivity contribution in [1.29, 1.82) is 0 Å². The molecule has 0 unspecified atom stereocenters. The van der Waals surface area contributed by atoms with Crippen molar-refractivity contribution in [2.75, 3.05) is 26.4 Å². The quantitative estimate of drug-likeness (QED) is 0.715. The average molecular weight is 329 g/mol. The molecule has 1 amide bonds. The Morgan fingerprint density at radius 3 is 2.50 bits per heavy atom. The van der Waals surface area contributed by atoms with E-state index in [-0.39, 0.29) is 30.5 Å². The van der Waals surface area contributed by atoms with Crippen LogP contribution in [0.3, 0.4) is 0 Å². The topological polar surface area (TPSA) is 73.6 Å². The van der Waals surface area contributed by atoms with Crippen LogP contribution in [0.25, 0.3) is 0 Å². The van der Waals surface area contributed by atoms with Crippen LogP contribution in [-0.4, -0.2) is 37.8 Å². The van der Waals surface area contributed by atoms with E-state index < -0.39 is 0 Å². The van der Waals surface area contributed by atoms with Gasteiger partial charge in [-0.05, 0) is 25.0 Å². The van der Waals surface area contributed by atoms with Gasteiger partial charge in [0, 0.05) is 6.54 Å². The third-order valence-electron chi connectivity index (χ3n) is 3.83. The van der Waals surface area contributed by atoms with Crippen molar-refractivity contribution in [2.45, 2.75) is 31.2 Å². The van der Waals surface area contributed by atoms with Crippen molar-refractivity contribution in [3.8, 4) is 5.75 Å². The molecule has 124 valence electrons. The van der Waals surface area contributed by atoms with Crippen molar-refractivity contribution >= 4 is 18.3 Å². The maximum Gasteiger partial charge on any atom is 0.246 e. The van der Waals surface area contributed by atoms with Crippen molar-refractivity contribution < 1.29 is 14.3 Å². The summed E-state index contributed by atoms with van der Waals surface area (Å²) in [7, 11) is 0. The zero-order valence-electron chi connectivity index (χ0n) is 12.8. The van der Waals surface area contributed by atoms with Gasteiger partial charge in [0.25, 0.3) is 0 Å². The van der Waals surface area contributed by atoms with Gasteiger partial charge in [-0.1, -0.05) is 31.0 Å². The number of rotatable bonds is 8. The van der Waals surface area contributed by atoms with Crippen LogP contribution in [0.15, 0.2) is 30.3 Å². The summed E-state index contributed by atoms with van der Waals surface area (Å²) in [6.07, 6.45) is 4.19. The Morgan fingerprint density at radius 2 is 1.86 bits per heavy atom. The van der Waals surface area contributed by atoms with E-state index in [2.05, 4.69) is 5.32 Å². The number of halogens is 1. The standard InChI is InChI=1S/C16H24N2O3.ClH/c17-13-16(8-4-5-9-16)18-15(19)12-20-10-11-21-14-6-2-1-3-7-14;/h1-3,6-7H,4-5,8-13,17H2,(H,18,19);1H. The highest BCUT2D eigenvalue weighted by Crippen LogP contribution is 2.28. The molecule has 0 aliphatic heterocycles. The van der Waals surface area contributed by atoms with Crippen LogP contribution in [0.2, 0.25) is 0 Å². The second-order valence-electron chi connectivity index (χ2n) is 5.45. The minimum absolute atomic E-state index is 0. The number of carbonyl (C=O) groups is 1. The molecular formula is C16H25ClN2O3. The predicted molar refractivity (Wildman–Crippen MR) is 88.4 cm³/mol. The van der Waals surface area contributed by atoms with Crippen molar-refractivity contribution in [1.82, 2.24) is 5.32 Å². The van der Waals surface area contributed by atoms with Gasteiger partial charge in [-0.2, -0.15) is 0 Å². The molecule has 1 aromatic rings. The molecule has 0 saturated heterocycles. The minimum Gasteiger partial charge on any atom is -0.491 e. The molecule has 0 bridgehead atoms. The molecule has 0 radical (unpaired) electrons. The first-order valence-electron chi connectivity index (χ1n) is 7.51. The normalized spacial score (nSPS) is 15.9. The monoisotopic (exact) mass is 328 g/mol. The highest BCUT2D eigenvalue weighted by Gasteiger charge is 2.33. The molecule has 1 aromatic carbocycles. The molecule has 1 saturated carbocycles. The first-order chi connectivity index (χ1) is 10.2. The molecule has 0 spiro atoms. The molecule has 0 aromatic heterocycles. The number of hydrogen-bond acceptors (Lipinski definition) is 4. The van der Waals surface area contributed by atoms with Gasteiger partial charge in [-0.25, -0.2) is 0 Å². The van der Waals surface area contributed by atoms with Gasteiger partial charge in [0.15, 0.2) is 0 Å². The number of hydrogen-bond donors (Lipinski definition) is 2. The van der Waals surface area contributed by atoms with E-state index in [9.17, 15) is 4.79 Å². The molecule has 0 heterocycles. The summed E-state index contributed by atoms with van der Waals surface area (Å²) in [5.74, 6) is 0.709. The second kappa shape index (κ2) is 9.66. The van der Waals surface area contributed by atoms with Crippen molar-refractivity contribution in [3.05, 3.63) is 30.3 Å².